The molecule has 0 unspecified atom stereocenters. The van der Waals surface area contributed by atoms with Crippen molar-refractivity contribution in [1.82, 2.24) is 10.3 Å². The third-order valence-corrected chi connectivity index (χ3v) is 8.44. The average molecular weight is 518 g/mol. The zero-order valence-electron chi connectivity index (χ0n) is 21.2. The molecule has 2 aliphatic rings. The minimum Gasteiger partial charge on any atom is -0.381 e. The molecule has 4 N–H and O–H groups in total. The van der Waals surface area contributed by atoms with Gasteiger partial charge >= 0.3 is 7.60 Å². The summed E-state index contributed by atoms with van der Waals surface area (Å²) in [7, 11) is -4.61. The topological polar surface area (TPSA) is 132 Å². The number of anilines is 1. The van der Waals surface area contributed by atoms with Crippen LogP contribution in [-0.4, -0.2) is 46.5 Å². The number of benzene rings is 1. The zero-order chi connectivity index (χ0) is 26.0. The van der Waals surface area contributed by atoms with Crippen LogP contribution in [0.4, 0.5) is 5.69 Å². The largest absolute Gasteiger partial charge is 0.381 e. The first kappa shape index (κ1) is 26.6. The number of aromatic nitrogens is 1. The third kappa shape index (κ3) is 5.44. The van der Waals surface area contributed by atoms with Gasteiger partial charge in [-0.3, -0.25) is 14.2 Å². The predicted octanol–water partition coefficient (Wildman–Crippen LogP) is 2.61. The number of H-pyrrole nitrogens is 1. The van der Waals surface area contributed by atoms with Crippen LogP contribution in [0.2, 0.25) is 0 Å². The van der Waals surface area contributed by atoms with Crippen molar-refractivity contribution in [3.63, 3.8) is 0 Å². The van der Waals surface area contributed by atoms with Crippen LogP contribution in [0.25, 0.3) is 0 Å². The maximum Gasteiger partial charge on any atom is 0.356 e. The summed E-state index contributed by atoms with van der Waals surface area (Å²) in [6.07, 6.45) is 5.39. The standard InChI is InChI=1S/C26H36N3O6P/c1-4-29(18-9-11-35-12-10-18)24-14-19(36(32,33)34)13-22(16(24)2)25(30)27-15-23-21-8-6-5-7-20(21)17(3)28-26(23)31/h13-14,18H,4-12,15H2,1-3H3,(H,27,30)(H,28,31)(H2,32,33,34). The number of ether oxygens (including phenoxy) is 1. The second-order valence-corrected chi connectivity index (χ2v) is 11.3. The van der Waals surface area contributed by atoms with Crippen molar-refractivity contribution in [2.24, 2.45) is 0 Å². The van der Waals surface area contributed by atoms with Crippen LogP contribution in [0.3, 0.4) is 0 Å². The molecule has 1 aromatic heterocycles. The number of fused-ring (bicyclic) bond motifs is 1. The number of hydrogen-bond acceptors (Lipinski definition) is 5. The molecule has 196 valence electrons. The summed E-state index contributed by atoms with van der Waals surface area (Å²) in [4.78, 5) is 51.1. The molecule has 10 heteroatoms. The average Bonchev–Trinajstić information content (AvgIpc) is 2.85. The number of amides is 1. The molecular weight excluding hydrogens is 481 g/mol. The molecule has 2 aromatic rings. The molecule has 1 aliphatic carbocycles. The van der Waals surface area contributed by atoms with E-state index < -0.39 is 13.5 Å². The van der Waals surface area contributed by atoms with Gasteiger partial charge in [0.1, 0.15) is 0 Å². The summed E-state index contributed by atoms with van der Waals surface area (Å²) in [5, 5.41) is 2.67. The van der Waals surface area contributed by atoms with Crippen LogP contribution in [0.15, 0.2) is 16.9 Å². The SMILES string of the molecule is CCN(c1cc(P(=O)(O)O)cc(C(=O)NCc2c3c(c(C)[nH]c2=O)CCCC3)c1C)C1CCOCC1. The first-order valence-corrected chi connectivity index (χ1v) is 14.3. The van der Waals surface area contributed by atoms with Crippen molar-refractivity contribution in [2.45, 2.75) is 71.9 Å². The maximum absolute atomic E-state index is 13.4. The fourth-order valence-corrected chi connectivity index (χ4v) is 6.16. The second-order valence-electron chi connectivity index (χ2n) is 9.72. The van der Waals surface area contributed by atoms with Crippen molar-refractivity contribution in [2.75, 3.05) is 24.7 Å². The van der Waals surface area contributed by atoms with Crippen molar-refractivity contribution in [3.05, 3.63) is 56.0 Å². The van der Waals surface area contributed by atoms with E-state index in [-0.39, 0.29) is 29.0 Å². The monoisotopic (exact) mass is 517 g/mol. The number of carbonyl (C=O) groups is 1. The van der Waals surface area contributed by atoms with Gasteiger partial charge in [-0.1, -0.05) is 0 Å². The Morgan fingerprint density at radius 3 is 2.47 bits per heavy atom. The van der Waals surface area contributed by atoms with E-state index >= 15 is 0 Å². The van der Waals surface area contributed by atoms with Crippen LogP contribution in [0.5, 0.6) is 0 Å². The van der Waals surface area contributed by atoms with Crippen LogP contribution in [-0.2, 0) is 28.7 Å². The highest BCUT2D eigenvalue weighted by atomic mass is 31.2. The summed E-state index contributed by atoms with van der Waals surface area (Å²) in [6, 6.07) is 2.94. The lowest BCUT2D eigenvalue weighted by Gasteiger charge is -2.37. The number of aromatic amines is 1. The Balaban J connectivity index is 1.68. The Bertz CT molecular complexity index is 1250. The first-order valence-electron chi connectivity index (χ1n) is 12.7. The number of aryl methyl sites for hydroxylation is 1. The first-order chi connectivity index (χ1) is 17.1. The Kier molecular flexibility index (Phi) is 8.05. The normalized spacial score (nSPS) is 16.5. The Morgan fingerprint density at radius 1 is 1.17 bits per heavy atom. The van der Waals surface area contributed by atoms with E-state index in [1.165, 1.54) is 12.1 Å². The van der Waals surface area contributed by atoms with Crippen molar-refractivity contribution < 1.29 is 23.9 Å². The molecular formula is C26H36N3O6P. The van der Waals surface area contributed by atoms with Crippen molar-refractivity contribution in [1.29, 1.82) is 0 Å². The van der Waals surface area contributed by atoms with Gasteiger partial charge in [0.25, 0.3) is 11.5 Å². The molecule has 0 spiro atoms. The Hall–Kier alpha value is -2.45. The number of rotatable bonds is 7. The molecule has 9 nitrogen and oxygen atoms in total. The molecule has 1 aromatic carbocycles. The molecule has 0 saturated carbocycles. The zero-order valence-corrected chi connectivity index (χ0v) is 22.1. The van der Waals surface area contributed by atoms with Gasteiger partial charge in [0, 0.05) is 54.9 Å². The highest BCUT2D eigenvalue weighted by Crippen LogP contribution is 2.37. The van der Waals surface area contributed by atoms with E-state index in [0.717, 1.165) is 55.3 Å². The molecule has 0 bridgehead atoms. The summed E-state index contributed by atoms with van der Waals surface area (Å²) < 4.78 is 17.7. The third-order valence-electron chi connectivity index (χ3n) is 7.51. The summed E-state index contributed by atoms with van der Waals surface area (Å²) in [5.41, 5.74) is 4.90. The van der Waals surface area contributed by atoms with Gasteiger partial charge in [0.15, 0.2) is 0 Å². The van der Waals surface area contributed by atoms with E-state index in [0.29, 0.717) is 36.6 Å². The molecule has 0 radical (unpaired) electrons. The molecule has 4 rings (SSSR count). The molecule has 2 heterocycles. The van der Waals surface area contributed by atoms with Crippen molar-refractivity contribution in [3.8, 4) is 0 Å². The van der Waals surface area contributed by atoms with E-state index in [1.54, 1.807) is 6.92 Å². The highest BCUT2D eigenvalue weighted by molar-refractivity contribution is 7.60. The van der Waals surface area contributed by atoms with Crippen LogP contribution >= 0.6 is 7.60 Å². The van der Waals surface area contributed by atoms with Gasteiger partial charge in [-0.05, 0) is 88.1 Å². The molecule has 1 aliphatic heterocycles. The lowest BCUT2D eigenvalue weighted by Crippen LogP contribution is -2.40. The van der Waals surface area contributed by atoms with Gasteiger partial charge in [-0.15, -0.1) is 0 Å². The quantitative estimate of drug-likeness (QED) is 0.415. The van der Waals surface area contributed by atoms with E-state index in [2.05, 4.69) is 15.2 Å². The molecule has 36 heavy (non-hydrogen) atoms. The van der Waals surface area contributed by atoms with Crippen molar-refractivity contribution >= 4 is 24.5 Å². The van der Waals surface area contributed by atoms with Crippen LogP contribution in [0, 0.1) is 13.8 Å². The van der Waals surface area contributed by atoms with E-state index in [9.17, 15) is 23.9 Å². The smallest absolute Gasteiger partial charge is 0.356 e. The van der Waals surface area contributed by atoms with Gasteiger partial charge in [0.2, 0.25) is 0 Å². The number of carbonyl (C=O) groups excluding carboxylic acids is 1. The number of nitrogens with one attached hydrogen (secondary N) is 2. The predicted molar refractivity (Wildman–Crippen MR) is 139 cm³/mol. The second kappa shape index (κ2) is 10.9. The highest BCUT2D eigenvalue weighted by Gasteiger charge is 2.28. The number of hydrogen-bond donors (Lipinski definition) is 4. The number of pyridine rings is 1. The summed E-state index contributed by atoms with van der Waals surface area (Å²) >= 11 is 0. The Morgan fingerprint density at radius 2 is 1.83 bits per heavy atom. The van der Waals surface area contributed by atoms with Crippen LogP contribution < -0.4 is 21.1 Å². The fraction of sp³-hybridized carbons (Fsp3) is 0.538. The summed E-state index contributed by atoms with van der Waals surface area (Å²) in [6.45, 7) is 7.64. The minimum atomic E-state index is -4.61. The van der Waals surface area contributed by atoms with Gasteiger partial charge in [0.05, 0.1) is 5.30 Å². The van der Waals surface area contributed by atoms with Crippen LogP contribution in [0.1, 0.15) is 70.9 Å². The molecule has 1 saturated heterocycles. The Labute approximate surface area is 211 Å². The summed E-state index contributed by atoms with van der Waals surface area (Å²) in [5.74, 6) is -0.461. The maximum atomic E-state index is 13.4. The number of nitrogens with zero attached hydrogens (tertiary/aromatic N) is 1. The molecule has 1 amide bonds. The molecule has 0 atom stereocenters. The fourth-order valence-electron chi connectivity index (χ4n) is 5.57. The van der Waals surface area contributed by atoms with E-state index in [1.807, 2.05) is 13.8 Å². The van der Waals surface area contributed by atoms with Gasteiger partial charge in [-0.25, -0.2) is 0 Å². The lowest BCUT2D eigenvalue weighted by molar-refractivity contribution is 0.0846. The minimum absolute atomic E-state index is 0.0587. The van der Waals surface area contributed by atoms with Gasteiger partial charge in [-0.2, -0.15) is 0 Å². The molecule has 1 fully saturated rings. The van der Waals surface area contributed by atoms with E-state index in [4.69, 9.17) is 4.74 Å². The lowest BCUT2D eigenvalue weighted by atomic mass is 9.88. The van der Waals surface area contributed by atoms with Gasteiger partial charge < -0.3 is 29.7 Å².